The average molecular weight is 262 g/mol. The Balaban J connectivity index is 2.55. The normalized spacial score (nSPS) is 35.0. The number of rotatable bonds is 2. The number of halogens is 3. The molecule has 1 heterocycles. The third-order valence-corrected chi connectivity index (χ3v) is 16.7. The van der Waals surface area contributed by atoms with Gasteiger partial charge in [0, 0.05) is 0 Å². The summed E-state index contributed by atoms with van der Waals surface area (Å²) in [6, 6.07) is 3.49. The Labute approximate surface area is 90.7 Å². The van der Waals surface area contributed by atoms with Gasteiger partial charge >= 0.3 is 0 Å². The molecule has 0 nitrogen and oxygen atoms in total. The average Bonchev–Trinajstić information content (AvgIpc) is 1.83. The van der Waals surface area contributed by atoms with Gasteiger partial charge in [0.25, 0.3) is 0 Å². The Morgan fingerprint density at radius 3 is 2.33 bits per heavy atom. The van der Waals surface area contributed by atoms with Gasteiger partial charge < -0.3 is 0 Å². The van der Waals surface area contributed by atoms with Crippen LogP contribution >= 0.6 is 33.2 Å². The molecule has 72 valence electrons. The highest BCUT2D eigenvalue weighted by Gasteiger charge is 2.45. The second-order valence-electron chi connectivity index (χ2n) is 3.79. The zero-order valence-corrected chi connectivity index (χ0v) is 11.6. The molecule has 1 unspecified atom stereocenters. The van der Waals surface area contributed by atoms with Crippen LogP contribution < -0.4 is 0 Å². The van der Waals surface area contributed by atoms with Gasteiger partial charge in [-0.15, -0.1) is 22.2 Å². The van der Waals surface area contributed by atoms with E-state index in [-0.39, 0.29) is 0 Å². The van der Waals surface area contributed by atoms with E-state index in [1.54, 1.807) is 0 Å². The van der Waals surface area contributed by atoms with E-state index in [0.717, 1.165) is 11.7 Å². The van der Waals surface area contributed by atoms with Crippen molar-refractivity contribution >= 4 is 47.3 Å². The van der Waals surface area contributed by atoms with Crippen LogP contribution in [0.5, 0.6) is 0 Å². The van der Waals surface area contributed by atoms with Crippen molar-refractivity contribution in [3.05, 3.63) is 0 Å². The maximum atomic E-state index is 6.56. The monoisotopic (exact) mass is 260 g/mol. The summed E-state index contributed by atoms with van der Waals surface area (Å²) in [5, 5.41) is 0. The lowest BCUT2D eigenvalue weighted by Gasteiger charge is -2.34. The van der Waals surface area contributed by atoms with Crippen LogP contribution in [0.4, 0.5) is 0 Å². The van der Waals surface area contributed by atoms with Gasteiger partial charge in [-0.1, -0.05) is 19.8 Å². The van der Waals surface area contributed by atoms with Gasteiger partial charge in [0.05, 0.1) is 0 Å². The molecule has 1 atom stereocenters. The highest BCUT2D eigenvalue weighted by Crippen LogP contribution is 2.44. The first-order valence-corrected chi connectivity index (χ1v) is 12.6. The zero-order chi connectivity index (χ0) is 9.24. The van der Waals surface area contributed by atoms with Crippen molar-refractivity contribution in [1.82, 2.24) is 0 Å². The van der Waals surface area contributed by atoms with Gasteiger partial charge in [-0.05, 0) is 23.8 Å². The van der Waals surface area contributed by atoms with Crippen molar-refractivity contribution in [2.45, 2.75) is 43.6 Å². The van der Waals surface area contributed by atoms with Crippen molar-refractivity contribution in [3.63, 3.8) is 0 Å². The lowest BCUT2D eigenvalue weighted by molar-refractivity contribution is 0.965. The van der Waals surface area contributed by atoms with Crippen molar-refractivity contribution in [2.75, 3.05) is 0 Å². The Hall–Kier alpha value is 1.30. The molecule has 5 heteroatoms. The van der Waals surface area contributed by atoms with Gasteiger partial charge in [0.15, 0.2) is 7.38 Å². The van der Waals surface area contributed by atoms with Gasteiger partial charge in [-0.25, -0.2) is 0 Å². The fourth-order valence-electron chi connectivity index (χ4n) is 1.97. The van der Waals surface area contributed by atoms with Crippen LogP contribution in [-0.2, 0) is 0 Å². The fraction of sp³-hybridized carbons (Fsp3) is 1.00. The molecule has 0 N–H and O–H groups in total. The molecule has 0 amide bonds. The van der Waals surface area contributed by atoms with Crippen molar-refractivity contribution in [3.8, 4) is 0 Å². The molecule has 1 rings (SSSR count). The fourth-order valence-corrected chi connectivity index (χ4v) is 20.5. The van der Waals surface area contributed by atoms with Crippen LogP contribution in [0.2, 0.25) is 23.8 Å². The second kappa shape index (κ2) is 4.22. The van der Waals surface area contributed by atoms with Crippen molar-refractivity contribution in [2.24, 2.45) is 0 Å². The molecule has 1 aliphatic rings. The Kier molecular flexibility index (Phi) is 4.00. The van der Waals surface area contributed by atoms with E-state index in [1.165, 1.54) is 24.9 Å². The van der Waals surface area contributed by atoms with Crippen LogP contribution in [0.3, 0.4) is 0 Å². The summed E-state index contributed by atoms with van der Waals surface area (Å²) < 4.78 is 0. The van der Waals surface area contributed by atoms with Crippen LogP contribution in [0, 0.1) is 0 Å². The molecule has 0 aromatic heterocycles. The third-order valence-electron chi connectivity index (χ3n) is 2.44. The lowest BCUT2D eigenvalue weighted by atomic mass is 10.6. The molecule has 1 fully saturated rings. The predicted molar refractivity (Wildman–Crippen MR) is 63.2 cm³/mol. The van der Waals surface area contributed by atoms with E-state index in [2.05, 4.69) is 6.92 Å². The summed E-state index contributed by atoms with van der Waals surface area (Å²) in [6.45, 7) is 0.303. The minimum atomic E-state index is -1.89. The van der Waals surface area contributed by atoms with Gasteiger partial charge in [-0.3, -0.25) is 0 Å². The van der Waals surface area contributed by atoms with Crippen LogP contribution in [0.15, 0.2) is 0 Å². The van der Waals surface area contributed by atoms with E-state index < -0.39 is 14.1 Å². The maximum Gasteiger partial charge on any atom is 0.250 e. The minimum Gasteiger partial charge on any atom is -0.167 e. The highest BCUT2D eigenvalue weighted by molar-refractivity contribution is 7.50. The summed E-state index contributed by atoms with van der Waals surface area (Å²) in [6.07, 6.45) is 2.36. The summed E-state index contributed by atoms with van der Waals surface area (Å²) >= 11 is 19.1. The Morgan fingerprint density at radius 2 is 1.83 bits per heavy atom. The molecule has 1 aliphatic heterocycles. The Bertz CT molecular complexity index is 159. The van der Waals surface area contributed by atoms with Crippen molar-refractivity contribution < 1.29 is 0 Å². The SMILES string of the molecule is CCC[Si]1(Cl)CCC[Si](Cl)(Cl)C1. The first-order valence-electron chi connectivity index (χ1n) is 4.54. The van der Waals surface area contributed by atoms with E-state index in [4.69, 9.17) is 33.2 Å². The quantitative estimate of drug-likeness (QED) is 0.509. The lowest BCUT2D eigenvalue weighted by Crippen LogP contribution is -2.41. The molecule has 0 spiro atoms. The van der Waals surface area contributed by atoms with Crippen LogP contribution in [-0.4, -0.2) is 14.1 Å². The van der Waals surface area contributed by atoms with E-state index in [1.807, 2.05) is 0 Å². The predicted octanol–water partition coefficient (Wildman–Crippen LogP) is 4.44. The molecule has 12 heavy (non-hydrogen) atoms. The topological polar surface area (TPSA) is 0 Å². The summed E-state index contributed by atoms with van der Waals surface area (Å²) in [7, 11) is -1.50. The summed E-state index contributed by atoms with van der Waals surface area (Å²) in [5.41, 5.74) is 1.01. The molecule has 0 radical (unpaired) electrons. The van der Waals surface area contributed by atoms with E-state index >= 15 is 0 Å². The molecular weight excluding hydrogens is 247 g/mol. The summed E-state index contributed by atoms with van der Waals surface area (Å²) in [4.78, 5) is 0. The Morgan fingerprint density at radius 1 is 1.17 bits per heavy atom. The van der Waals surface area contributed by atoms with Gasteiger partial charge in [-0.2, -0.15) is 11.1 Å². The second-order valence-corrected chi connectivity index (χ2v) is 18.0. The van der Waals surface area contributed by atoms with E-state index in [0.29, 0.717) is 0 Å². The third kappa shape index (κ3) is 3.22. The smallest absolute Gasteiger partial charge is 0.167 e. The van der Waals surface area contributed by atoms with Gasteiger partial charge in [0.2, 0.25) is 6.69 Å². The standard InChI is InChI=1S/C7H15Cl3Si2/c1-2-4-11(8)5-3-6-12(9,10)7-11/h2-7H2,1H3. The highest BCUT2D eigenvalue weighted by atomic mass is 35.7. The largest absolute Gasteiger partial charge is 0.250 e. The molecule has 0 aliphatic carbocycles. The first-order chi connectivity index (χ1) is 5.47. The molecule has 0 aromatic rings. The number of hydrogen-bond donors (Lipinski definition) is 0. The number of hydrogen-bond acceptors (Lipinski definition) is 0. The molecule has 0 bridgehead atoms. The molecule has 1 saturated heterocycles. The molecular formula is C7H15Cl3Si2. The van der Waals surface area contributed by atoms with Crippen molar-refractivity contribution in [1.29, 1.82) is 0 Å². The van der Waals surface area contributed by atoms with Crippen LogP contribution in [0.1, 0.15) is 19.8 Å². The van der Waals surface area contributed by atoms with Gasteiger partial charge in [0.1, 0.15) is 0 Å². The van der Waals surface area contributed by atoms with E-state index in [9.17, 15) is 0 Å². The minimum absolute atomic E-state index is 1.01. The zero-order valence-electron chi connectivity index (χ0n) is 7.38. The maximum absolute atomic E-state index is 6.56. The summed E-state index contributed by atoms with van der Waals surface area (Å²) in [5.74, 6) is 0. The molecule has 0 saturated carbocycles. The van der Waals surface area contributed by atoms with Crippen LogP contribution in [0.25, 0.3) is 0 Å². The first kappa shape index (κ1) is 11.4. The molecule has 0 aromatic carbocycles.